The molecule has 0 bridgehead atoms. The Hall–Kier alpha value is -2.10. The largest absolute Gasteiger partial charge is 0.506 e. The number of fused-ring (bicyclic) bond motifs is 1. The van der Waals surface area contributed by atoms with Crippen LogP contribution in [0.4, 0.5) is 10.1 Å². The average Bonchev–Trinajstić information content (AvgIpc) is 2.75. The summed E-state index contributed by atoms with van der Waals surface area (Å²) in [6, 6.07) is 8.32. The smallest absolute Gasteiger partial charge is 0.133 e. The molecular formula is C14H13FN2O. The normalized spacial score (nSPS) is 13.7. The Morgan fingerprint density at radius 1 is 1.28 bits per heavy atom. The maximum atomic E-state index is 13.3. The molecular weight excluding hydrogens is 231 g/mol. The van der Waals surface area contributed by atoms with Gasteiger partial charge in [-0.15, -0.1) is 0 Å². The van der Waals surface area contributed by atoms with E-state index in [4.69, 9.17) is 0 Å². The fourth-order valence-electron chi connectivity index (χ4n) is 2.29. The van der Waals surface area contributed by atoms with Crippen molar-refractivity contribution in [3.63, 3.8) is 0 Å². The van der Waals surface area contributed by atoms with Crippen molar-refractivity contribution in [3.05, 3.63) is 53.6 Å². The van der Waals surface area contributed by atoms with E-state index in [0.29, 0.717) is 6.54 Å². The van der Waals surface area contributed by atoms with Crippen LogP contribution < -0.4 is 4.90 Å². The molecule has 0 spiro atoms. The van der Waals surface area contributed by atoms with Crippen LogP contribution in [0.2, 0.25) is 0 Å². The van der Waals surface area contributed by atoms with E-state index in [-0.39, 0.29) is 11.6 Å². The van der Waals surface area contributed by atoms with Gasteiger partial charge < -0.3 is 10.0 Å². The topological polar surface area (TPSA) is 36.4 Å². The van der Waals surface area contributed by atoms with E-state index in [1.165, 1.54) is 17.8 Å². The Labute approximate surface area is 105 Å². The first-order valence-corrected chi connectivity index (χ1v) is 5.89. The summed E-state index contributed by atoms with van der Waals surface area (Å²) < 4.78 is 13.3. The summed E-state index contributed by atoms with van der Waals surface area (Å²) in [4.78, 5) is 6.26. The molecule has 1 aliphatic heterocycles. The third kappa shape index (κ3) is 2.01. The van der Waals surface area contributed by atoms with Crippen LogP contribution in [-0.4, -0.2) is 16.6 Å². The third-order valence-electron chi connectivity index (χ3n) is 3.20. The van der Waals surface area contributed by atoms with Crippen molar-refractivity contribution in [2.45, 2.75) is 13.0 Å². The molecule has 0 saturated carbocycles. The second-order valence-corrected chi connectivity index (χ2v) is 4.45. The van der Waals surface area contributed by atoms with Crippen LogP contribution >= 0.6 is 0 Å². The average molecular weight is 244 g/mol. The maximum absolute atomic E-state index is 13.3. The fourth-order valence-corrected chi connectivity index (χ4v) is 2.29. The monoisotopic (exact) mass is 244 g/mol. The summed E-state index contributed by atoms with van der Waals surface area (Å²) in [5.41, 5.74) is 2.99. The van der Waals surface area contributed by atoms with Crippen LogP contribution in [0.5, 0.6) is 5.75 Å². The lowest BCUT2D eigenvalue weighted by Gasteiger charge is -2.18. The van der Waals surface area contributed by atoms with Crippen molar-refractivity contribution in [1.29, 1.82) is 0 Å². The van der Waals surface area contributed by atoms with E-state index in [1.807, 2.05) is 6.07 Å². The zero-order valence-electron chi connectivity index (χ0n) is 9.81. The molecule has 4 heteroatoms. The Morgan fingerprint density at radius 3 is 2.94 bits per heavy atom. The number of nitrogens with zero attached hydrogens (tertiary/aromatic N) is 2. The lowest BCUT2D eigenvalue weighted by molar-refractivity contribution is 0.472. The fraction of sp³-hybridized carbons (Fsp3) is 0.214. The minimum Gasteiger partial charge on any atom is -0.506 e. The first-order valence-electron chi connectivity index (χ1n) is 5.89. The van der Waals surface area contributed by atoms with E-state index >= 15 is 0 Å². The zero-order chi connectivity index (χ0) is 12.5. The molecule has 2 aromatic rings. The molecule has 0 fully saturated rings. The summed E-state index contributed by atoms with van der Waals surface area (Å²) in [6.07, 6.45) is 2.37. The zero-order valence-corrected chi connectivity index (χ0v) is 9.81. The summed E-state index contributed by atoms with van der Waals surface area (Å²) in [5.74, 6) is -0.0501. The molecule has 0 unspecified atom stereocenters. The van der Waals surface area contributed by atoms with E-state index in [2.05, 4.69) is 9.88 Å². The van der Waals surface area contributed by atoms with Gasteiger partial charge in [0.25, 0.3) is 0 Å². The van der Waals surface area contributed by atoms with Gasteiger partial charge >= 0.3 is 0 Å². The van der Waals surface area contributed by atoms with Crippen LogP contribution in [0, 0.1) is 5.82 Å². The van der Waals surface area contributed by atoms with Crippen LogP contribution in [0.15, 0.2) is 36.5 Å². The van der Waals surface area contributed by atoms with Gasteiger partial charge in [-0.2, -0.15) is 0 Å². The van der Waals surface area contributed by atoms with Gasteiger partial charge in [-0.05, 0) is 36.2 Å². The van der Waals surface area contributed by atoms with Gasteiger partial charge in [0.05, 0.1) is 18.4 Å². The molecule has 18 heavy (non-hydrogen) atoms. The van der Waals surface area contributed by atoms with Gasteiger partial charge in [-0.1, -0.05) is 6.07 Å². The highest BCUT2D eigenvalue weighted by molar-refractivity contribution is 5.58. The number of pyridine rings is 1. The van der Waals surface area contributed by atoms with E-state index < -0.39 is 0 Å². The Morgan fingerprint density at radius 2 is 2.17 bits per heavy atom. The highest BCUT2D eigenvalue weighted by atomic mass is 19.1. The Balaban J connectivity index is 1.84. The summed E-state index contributed by atoms with van der Waals surface area (Å²) in [6.45, 7) is 1.51. The lowest BCUT2D eigenvalue weighted by Crippen LogP contribution is -2.20. The maximum Gasteiger partial charge on any atom is 0.133 e. The summed E-state index contributed by atoms with van der Waals surface area (Å²) >= 11 is 0. The molecule has 1 aliphatic rings. The number of hydrogen-bond donors (Lipinski definition) is 1. The van der Waals surface area contributed by atoms with Crippen molar-refractivity contribution in [2.75, 3.05) is 11.4 Å². The van der Waals surface area contributed by atoms with Crippen LogP contribution in [0.1, 0.15) is 11.3 Å². The molecule has 3 rings (SSSR count). The van der Waals surface area contributed by atoms with Crippen LogP contribution in [0.25, 0.3) is 0 Å². The van der Waals surface area contributed by atoms with Crippen LogP contribution in [0.3, 0.4) is 0 Å². The number of hydrogen-bond acceptors (Lipinski definition) is 3. The summed E-state index contributed by atoms with van der Waals surface area (Å²) in [5, 5.41) is 9.19. The molecule has 1 aromatic heterocycles. The molecule has 0 aliphatic carbocycles. The molecule has 0 amide bonds. The predicted octanol–water partition coefficient (Wildman–Crippen LogP) is 2.49. The quantitative estimate of drug-likeness (QED) is 0.881. The van der Waals surface area contributed by atoms with Crippen molar-refractivity contribution in [2.24, 2.45) is 0 Å². The lowest BCUT2D eigenvalue weighted by atomic mass is 10.2. The van der Waals surface area contributed by atoms with Gasteiger partial charge in [0.15, 0.2) is 0 Å². The van der Waals surface area contributed by atoms with Crippen molar-refractivity contribution < 1.29 is 9.50 Å². The Kier molecular flexibility index (Phi) is 2.63. The van der Waals surface area contributed by atoms with Gasteiger partial charge in [0.2, 0.25) is 0 Å². The molecule has 0 radical (unpaired) electrons. The number of aromatic hydroxyl groups is 1. The second-order valence-electron chi connectivity index (χ2n) is 4.45. The van der Waals surface area contributed by atoms with E-state index in [0.717, 1.165) is 24.3 Å². The second kappa shape index (κ2) is 4.29. The van der Waals surface area contributed by atoms with Gasteiger partial charge in [0, 0.05) is 12.2 Å². The first-order chi connectivity index (χ1) is 8.72. The molecule has 3 nitrogen and oxygen atoms in total. The van der Waals surface area contributed by atoms with E-state index in [1.54, 1.807) is 18.2 Å². The van der Waals surface area contributed by atoms with Gasteiger partial charge in [-0.25, -0.2) is 4.39 Å². The van der Waals surface area contributed by atoms with E-state index in [9.17, 15) is 9.50 Å². The number of anilines is 1. The molecule has 2 heterocycles. The SMILES string of the molecule is Oc1ccc(CN2CCc3ccc(F)cc32)nc1. The standard InChI is InChI=1S/C14H13FN2O/c15-11-2-1-10-5-6-17(14(10)7-11)9-12-3-4-13(18)8-16-12/h1-4,7-8,18H,5-6,9H2. The minimum atomic E-state index is -0.209. The number of aromatic nitrogens is 1. The van der Waals surface area contributed by atoms with Crippen molar-refractivity contribution in [1.82, 2.24) is 4.98 Å². The molecule has 1 aromatic carbocycles. The summed E-state index contributed by atoms with van der Waals surface area (Å²) in [7, 11) is 0. The molecule has 1 N–H and O–H groups in total. The highest BCUT2D eigenvalue weighted by Crippen LogP contribution is 2.29. The number of halogens is 1. The molecule has 0 atom stereocenters. The molecule has 92 valence electrons. The Bertz CT molecular complexity index is 569. The highest BCUT2D eigenvalue weighted by Gasteiger charge is 2.19. The van der Waals surface area contributed by atoms with Gasteiger partial charge in [0.1, 0.15) is 11.6 Å². The van der Waals surface area contributed by atoms with Gasteiger partial charge in [-0.3, -0.25) is 4.98 Å². The number of rotatable bonds is 2. The third-order valence-corrected chi connectivity index (χ3v) is 3.20. The molecule has 0 saturated heterocycles. The van der Waals surface area contributed by atoms with Crippen molar-refractivity contribution >= 4 is 5.69 Å². The first kappa shape index (κ1) is 11.0. The van der Waals surface area contributed by atoms with Crippen LogP contribution in [-0.2, 0) is 13.0 Å². The minimum absolute atomic E-state index is 0.159. The van der Waals surface area contributed by atoms with Crippen molar-refractivity contribution in [3.8, 4) is 5.75 Å². The predicted molar refractivity (Wildman–Crippen MR) is 67.1 cm³/mol. The number of benzene rings is 1.